The molecule has 0 saturated carbocycles. The van der Waals surface area contributed by atoms with Crippen LogP contribution < -0.4 is 15.4 Å². The summed E-state index contributed by atoms with van der Waals surface area (Å²) in [6.45, 7) is 4.13. The predicted molar refractivity (Wildman–Crippen MR) is 108 cm³/mol. The number of hydrogen-bond donors (Lipinski definition) is 1. The van der Waals surface area contributed by atoms with Crippen LogP contribution in [0, 0.1) is 0 Å². The number of benzene rings is 2. The molecule has 28 heavy (non-hydrogen) atoms. The number of fused-ring (bicyclic) bond motifs is 1. The quantitative estimate of drug-likeness (QED) is 0.456. The lowest BCUT2D eigenvalue weighted by Crippen LogP contribution is -2.44. The third-order valence-corrected chi connectivity index (χ3v) is 4.81. The van der Waals surface area contributed by atoms with E-state index in [1.54, 1.807) is 17.0 Å². The van der Waals surface area contributed by atoms with Crippen molar-refractivity contribution in [3.63, 3.8) is 0 Å². The van der Waals surface area contributed by atoms with Crippen LogP contribution in [0.25, 0.3) is 0 Å². The van der Waals surface area contributed by atoms with E-state index in [9.17, 15) is 9.59 Å². The number of hydrogen-bond acceptors (Lipinski definition) is 5. The Morgan fingerprint density at radius 1 is 1.29 bits per heavy atom. The summed E-state index contributed by atoms with van der Waals surface area (Å²) < 4.78 is 9.78. The normalized spacial score (nSPS) is 13.6. The van der Waals surface area contributed by atoms with Crippen molar-refractivity contribution < 1.29 is 19.1 Å². The molecule has 0 radical (unpaired) electrons. The van der Waals surface area contributed by atoms with E-state index in [1.165, 1.54) is 12.1 Å². The van der Waals surface area contributed by atoms with Crippen molar-refractivity contribution in [3.05, 3.63) is 71.3 Å². The summed E-state index contributed by atoms with van der Waals surface area (Å²) in [4.78, 5) is 26.0. The maximum atomic E-state index is 12.8. The Morgan fingerprint density at radius 3 is 2.82 bits per heavy atom. The van der Waals surface area contributed by atoms with Crippen LogP contribution in [0.1, 0.15) is 11.1 Å². The number of nitrogens with zero attached hydrogens (tertiary/aromatic N) is 1. The molecular formula is C21H21ClN2O4. The van der Waals surface area contributed by atoms with Gasteiger partial charge in [-0.1, -0.05) is 48.5 Å². The zero-order chi connectivity index (χ0) is 20.1. The second-order valence-electron chi connectivity index (χ2n) is 6.38. The Bertz CT molecular complexity index is 900. The summed E-state index contributed by atoms with van der Waals surface area (Å²) in [5, 5.41) is 0.360. The van der Waals surface area contributed by atoms with E-state index in [4.69, 9.17) is 26.8 Å². The number of halogens is 1. The van der Waals surface area contributed by atoms with Crippen LogP contribution in [0.4, 0.5) is 10.5 Å². The molecule has 7 heteroatoms. The first-order valence-electron chi connectivity index (χ1n) is 8.88. The molecule has 0 fully saturated rings. The molecule has 1 amide bonds. The van der Waals surface area contributed by atoms with E-state index in [1.807, 2.05) is 24.3 Å². The van der Waals surface area contributed by atoms with Crippen LogP contribution in [0.5, 0.6) is 5.75 Å². The molecular weight excluding hydrogens is 380 g/mol. The topological polar surface area (TPSA) is 81.9 Å². The summed E-state index contributed by atoms with van der Waals surface area (Å²) in [5.74, 6) is 0.102. The smallest absolute Gasteiger partial charge is 0.430 e. The molecule has 1 atom stereocenters. The summed E-state index contributed by atoms with van der Waals surface area (Å²) in [7, 11) is 0. The molecule has 1 aliphatic heterocycles. The first kappa shape index (κ1) is 19.9. The first-order chi connectivity index (χ1) is 13.5. The number of ether oxygens (including phenoxy) is 2. The van der Waals surface area contributed by atoms with E-state index in [0.29, 0.717) is 17.1 Å². The highest BCUT2D eigenvalue weighted by Crippen LogP contribution is 2.29. The van der Waals surface area contributed by atoms with Gasteiger partial charge in [0.1, 0.15) is 12.4 Å². The SMILES string of the molecule is C=CCOC(=O)Oc1ccc(CC(N)C(=O)N2CCc3ccccc32)c(Cl)c1. The number of amides is 1. The van der Waals surface area contributed by atoms with E-state index in [2.05, 4.69) is 6.58 Å². The molecule has 0 spiro atoms. The van der Waals surface area contributed by atoms with E-state index in [-0.39, 0.29) is 24.7 Å². The highest BCUT2D eigenvalue weighted by molar-refractivity contribution is 6.31. The van der Waals surface area contributed by atoms with Crippen molar-refractivity contribution in [2.24, 2.45) is 5.73 Å². The molecule has 2 aromatic rings. The van der Waals surface area contributed by atoms with Crippen LogP contribution >= 0.6 is 11.6 Å². The van der Waals surface area contributed by atoms with Crippen LogP contribution in [0.2, 0.25) is 5.02 Å². The van der Waals surface area contributed by atoms with Crippen LogP contribution in [-0.4, -0.2) is 31.3 Å². The van der Waals surface area contributed by atoms with E-state index < -0.39 is 12.2 Å². The molecule has 1 aliphatic rings. The Kier molecular flexibility index (Phi) is 6.34. The van der Waals surface area contributed by atoms with Gasteiger partial charge in [0.25, 0.3) is 0 Å². The highest BCUT2D eigenvalue weighted by Gasteiger charge is 2.28. The van der Waals surface area contributed by atoms with Crippen molar-refractivity contribution in [2.45, 2.75) is 18.9 Å². The van der Waals surface area contributed by atoms with Gasteiger partial charge in [-0.2, -0.15) is 0 Å². The lowest BCUT2D eigenvalue weighted by molar-refractivity contribution is -0.119. The average molecular weight is 401 g/mol. The Labute approximate surface area is 168 Å². The largest absolute Gasteiger partial charge is 0.514 e. The number of anilines is 1. The number of carbonyl (C=O) groups excluding carboxylic acids is 2. The molecule has 0 aliphatic carbocycles. The lowest BCUT2D eigenvalue weighted by atomic mass is 10.0. The van der Waals surface area contributed by atoms with Crippen LogP contribution in [0.15, 0.2) is 55.1 Å². The molecule has 0 saturated heterocycles. The van der Waals surface area contributed by atoms with Crippen LogP contribution in [0.3, 0.4) is 0 Å². The molecule has 1 unspecified atom stereocenters. The minimum absolute atomic E-state index is 0.0568. The fraction of sp³-hybridized carbons (Fsp3) is 0.238. The highest BCUT2D eigenvalue weighted by atomic mass is 35.5. The number of para-hydroxylation sites is 1. The number of rotatable bonds is 6. The molecule has 0 aromatic heterocycles. The number of nitrogens with two attached hydrogens (primary N) is 1. The van der Waals surface area contributed by atoms with Crippen LogP contribution in [-0.2, 0) is 22.4 Å². The van der Waals surface area contributed by atoms with E-state index >= 15 is 0 Å². The first-order valence-corrected chi connectivity index (χ1v) is 9.26. The zero-order valence-electron chi connectivity index (χ0n) is 15.3. The molecule has 2 N–H and O–H groups in total. The molecule has 2 aromatic carbocycles. The number of carbonyl (C=O) groups is 2. The predicted octanol–water partition coefficient (Wildman–Crippen LogP) is 3.50. The standard InChI is InChI=1S/C21H21ClN2O4/c1-2-11-27-21(26)28-16-8-7-15(17(22)13-16)12-18(23)20(25)24-10-9-14-5-3-4-6-19(14)24/h2-8,13,18H,1,9-12,23H2. The summed E-state index contributed by atoms with van der Waals surface area (Å²) in [5.41, 5.74) is 8.92. The van der Waals surface area contributed by atoms with Crippen molar-refractivity contribution >= 4 is 29.4 Å². The summed E-state index contributed by atoms with van der Waals surface area (Å²) in [6, 6.07) is 11.8. The third kappa shape index (κ3) is 4.52. The van der Waals surface area contributed by atoms with Crippen molar-refractivity contribution in [1.29, 1.82) is 0 Å². The second-order valence-corrected chi connectivity index (χ2v) is 6.79. The molecule has 3 rings (SSSR count). The van der Waals surface area contributed by atoms with E-state index in [0.717, 1.165) is 17.7 Å². The van der Waals surface area contributed by atoms with Gasteiger partial charge in [-0.05, 0) is 42.2 Å². The van der Waals surface area contributed by atoms with Gasteiger partial charge < -0.3 is 20.1 Å². The fourth-order valence-electron chi connectivity index (χ4n) is 3.10. The van der Waals surface area contributed by atoms with Gasteiger partial charge in [0.2, 0.25) is 5.91 Å². The third-order valence-electron chi connectivity index (χ3n) is 4.45. The Balaban J connectivity index is 1.64. The van der Waals surface area contributed by atoms with Gasteiger partial charge in [-0.15, -0.1) is 0 Å². The van der Waals surface area contributed by atoms with Gasteiger partial charge in [0.15, 0.2) is 0 Å². The summed E-state index contributed by atoms with van der Waals surface area (Å²) in [6.07, 6.45) is 1.69. The molecule has 6 nitrogen and oxygen atoms in total. The van der Waals surface area contributed by atoms with Gasteiger partial charge >= 0.3 is 6.16 Å². The Hall–Kier alpha value is -2.83. The average Bonchev–Trinajstić information content (AvgIpc) is 3.12. The molecule has 1 heterocycles. The monoisotopic (exact) mass is 400 g/mol. The van der Waals surface area contributed by atoms with Gasteiger partial charge in [0, 0.05) is 17.3 Å². The lowest BCUT2D eigenvalue weighted by Gasteiger charge is -2.22. The van der Waals surface area contributed by atoms with Crippen molar-refractivity contribution in [3.8, 4) is 5.75 Å². The Morgan fingerprint density at radius 2 is 2.07 bits per heavy atom. The zero-order valence-corrected chi connectivity index (χ0v) is 16.0. The maximum Gasteiger partial charge on any atom is 0.514 e. The minimum atomic E-state index is -0.844. The molecule has 0 bridgehead atoms. The maximum absolute atomic E-state index is 12.8. The second kappa shape index (κ2) is 8.91. The van der Waals surface area contributed by atoms with Crippen molar-refractivity contribution in [2.75, 3.05) is 18.1 Å². The molecule has 146 valence electrons. The van der Waals surface area contributed by atoms with Gasteiger partial charge in [-0.25, -0.2) is 4.79 Å². The van der Waals surface area contributed by atoms with Gasteiger partial charge in [-0.3, -0.25) is 4.79 Å². The fourth-order valence-corrected chi connectivity index (χ4v) is 3.35. The van der Waals surface area contributed by atoms with Crippen molar-refractivity contribution in [1.82, 2.24) is 0 Å². The van der Waals surface area contributed by atoms with Gasteiger partial charge in [0.05, 0.1) is 6.04 Å². The summed E-state index contributed by atoms with van der Waals surface area (Å²) >= 11 is 6.28. The minimum Gasteiger partial charge on any atom is -0.430 e.